The molecule has 0 saturated carbocycles. The average Bonchev–Trinajstić information content (AvgIpc) is 2.67. The zero-order chi connectivity index (χ0) is 19.4. The summed E-state index contributed by atoms with van der Waals surface area (Å²) < 4.78 is 10.1. The molecule has 1 rings (SSSR count). The molecule has 1 aromatic rings. The van der Waals surface area contributed by atoms with Crippen LogP contribution in [-0.2, 0) is 23.9 Å². The zero-order valence-electron chi connectivity index (χ0n) is 15.0. The molecule has 3 N–H and O–H groups in total. The first-order valence-corrected chi connectivity index (χ1v) is 8.30. The standard InChI is InChI=1S/C18H25N3O5/c1-13(25-2)17(23)21-16(9-8-15(22)12-19)18(24)26-11-10-20-14-6-4-3-5-7-14/h3-7,12-13,16,19-20H,8-11H2,1-2H3,(H,21,23)/t13-,16+/m1/s1. The van der Waals surface area contributed by atoms with Gasteiger partial charge in [-0.3, -0.25) is 9.59 Å². The van der Waals surface area contributed by atoms with E-state index in [2.05, 4.69) is 10.6 Å². The third kappa shape index (κ3) is 7.89. The van der Waals surface area contributed by atoms with Gasteiger partial charge in [-0.25, -0.2) is 4.79 Å². The molecule has 2 atom stereocenters. The van der Waals surface area contributed by atoms with Crippen molar-refractivity contribution in [1.29, 1.82) is 5.41 Å². The van der Waals surface area contributed by atoms with Gasteiger partial charge in [0.2, 0.25) is 5.91 Å². The molecule has 0 aromatic heterocycles. The van der Waals surface area contributed by atoms with Crippen LogP contribution in [0.15, 0.2) is 30.3 Å². The van der Waals surface area contributed by atoms with E-state index in [9.17, 15) is 14.4 Å². The second-order valence-corrected chi connectivity index (χ2v) is 5.55. The minimum Gasteiger partial charge on any atom is -0.462 e. The maximum atomic E-state index is 12.2. The highest BCUT2D eigenvalue weighted by Gasteiger charge is 2.25. The van der Waals surface area contributed by atoms with Crippen LogP contribution in [-0.4, -0.2) is 56.3 Å². The van der Waals surface area contributed by atoms with E-state index >= 15 is 0 Å². The summed E-state index contributed by atoms with van der Waals surface area (Å²) in [4.78, 5) is 35.4. The first-order chi connectivity index (χ1) is 12.5. The fourth-order valence-electron chi connectivity index (χ4n) is 2.01. The molecule has 1 aromatic carbocycles. The summed E-state index contributed by atoms with van der Waals surface area (Å²) in [6.45, 7) is 2.06. The number of ether oxygens (including phenoxy) is 2. The van der Waals surface area contributed by atoms with E-state index in [0.29, 0.717) is 12.8 Å². The summed E-state index contributed by atoms with van der Waals surface area (Å²) in [7, 11) is 1.38. The number of carbonyl (C=O) groups excluding carboxylic acids is 3. The van der Waals surface area contributed by atoms with Crippen LogP contribution in [0.5, 0.6) is 0 Å². The molecular weight excluding hydrogens is 338 g/mol. The average molecular weight is 363 g/mol. The molecule has 0 saturated heterocycles. The van der Waals surface area contributed by atoms with E-state index in [1.165, 1.54) is 7.11 Å². The summed E-state index contributed by atoms with van der Waals surface area (Å²) in [5, 5.41) is 12.5. The van der Waals surface area contributed by atoms with Crippen molar-refractivity contribution in [3.05, 3.63) is 30.3 Å². The lowest BCUT2D eigenvalue weighted by Gasteiger charge is -2.19. The van der Waals surface area contributed by atoms with Gasteiger partial charge in [-0.05, 0) is 25.5 Å². The van der Waals surface area contributed by atoms with Gasteiger partial charge in [0.15, 0.2) is 5.78 Å². The van der Waals surface area contributed by atoms with Crippen LogP contribution in [0.1, 0.15) is 19.8 Å². The zero-order valence-corrected chi connectivity index (χ0v) is 15.0. The SMILES string of the molecule is CO[C@H](C)C(=O)N[C@@H](CCC(=O)C=N)C(=O)OCCNc1ccccc1. The first-order valence-electron chi connectivity index (χ1n) is 8.30. The molecule has 0 unspecified atom stereocenters. The summed E-state index contributed by atoms with van der Waals surface area (Å²) in [6, 6.07) is 8.48. The van der Waals surface area contributed by atoms with E-state index in [0.717, 1.165) is 5.69 Å². The second-order valence-electron chi connectivity index (χ2n) is 5.55. The van der Waals surface area contributed by atoms with E-state index < -0.39 is 29.8 Å². The molecule has 1 amide bonds. The van der Waals surface area contributed by atoms with E-state index in [1.54, 1.807) is 6.92 Å². The molecule has 142 valence electrons. The van der Waals surface area contributed by atoms with Crippen molar-refractivity contribution >= 4 is 29.6 Å². The maximum Gasteiger partial charge on any atom is 0.328 e. The van der Waals surface area contributed by atoms with Gasteiger partial charge < -0.3 is 25.5 Å². The lowest BCUT2D eigenvalue weighted by molar-refractivity contribution is -0.149. The molecule has 0 aliphatic carbocycles. The number of amides is 1. The topological polar surface area (TPSA) is 118 Å². The van der Waals surface area contributed by atoms with Gasteiger partial charge in [0, 0.05) is 25.8 Å². The van der Waals surface area contributed by atoms with E-state index in [4.69, 9.17) is 14.9 Å². The number of hydrogen-bond donors (Lipinski definition) is 3. The Balaban J connectivity index is 2.51. The molecule has 0 aliphatic rings. The van der Waals surface area contributed by atoms with Crippen molar-refractivity contribution in [2.24, 2.45) is 0 Å². The predicted octanol–water partition coefficient (Wildman–Crippen LogP) is 1.16. The molecule has 0 aliphatic heterocycles. The Morgan fingerprint density at radius 3 is 2.54 bits per heavy atom. The minimum absolute atomic E-state index is 0.0345. The molecule has 0 heterocycles. The number of methoxy groups -OCH3 is 1. The van der Waals surface area contributed by atoms with Gasteiger partial charge >= 0.3 is 5.97 Å². The molecule has 8 heteroatoms. The fraction of sp³-hybridized carbons (Fsp3) is 0.444. The molecular formula is C18H25N3O5. The highest BCUT2D eigenvalue weighted by molar-refractivity contribution is 6.26. The smallest absolute Gasteiger partial charge is 0.328 e. The number of anilines is 1. The predicted molar refractivity (Wildman–Crippen MR) is 97.3 cm³/mol. The van der Waals surface area contributed by atoms with Crippen LogP contribution >= 0.6 is 0 Å². The second kappa shape index (κ2) is 11.8. The molecule has 0 fully saturated rings. The Morgan fingerprint density at radius 2 is 1.92 bits per heavy atom. The quantitative estimate of drug-likeness (QED) is 0.291. The van der Waals surface area contributed by atoms with Gasteiger partial charge in [0.25, 0.3) is 0 Å². The number of rotatable bonds is 12. The third-order valence-corrected chi connectivity index (χ3v) is 3.61. The van der Waals surface area contributed by atoms with Crippen LogP contribution < -0.4 is 10.6 Å². The van der Waals surface area contributed by atoms with Crippen molar-refractivity contribution in [1.82, 2.24) is 5.32 Å². The highest BCUT2D eigenvalue weighted by atomic mass is 16.5. The molecule has 0 spiro atoms. The van der Waals surface area contributed by atoms with Gasteiger partial charge in [0.1, 0.15) is 18.8 Å². The number of hydrogen-bond acceptors (Lipinski definition) is 7. The Morgan fingerprint density at radius 1 is 1.23 bits per heavy atom. The number of Topliss-reactive ketones (excluding diaryl/α,β-unsaturated/α-hetero) is 1. The van der Waals surface area contributed by atoms with Crippen molar-refractivity contribution in [3.63, 3.8) is 0 Å². The molecule has 26 heavy (non-hydrogen) atoms. The van der Waals surface area contributed by atoms with Gasteiger partial charge in [-0.15, -0.1) is 0 Å². The Labute approximate surface area is 152 Å². The van der Waals surface area contributed by atoms with Crippen molar-refractivity contribution in [3.8, 4) is 0 Å². The van der Waals surface area contributed by atoms with E-state index in [-0.39, 0.29) is 19.4 Å². The third-order valence-electron chi connectivity index (χ3n) is 3.61. The first kappa shape index (κ1) is 21.3. The normalized spacial score (nSPS) is 12.5. The Bertz CT molecular complexity index is 606. The molecule has 0 radical (unpaired) electrons. The van der Waals surface area contributed by atoms with Gasteiger partial charge in [0.05, 0.1) is 6.21 Å². The van der Waals surface area contributed by atoms with Crippen LogP contribution in [0.25, 0.3) is 0 Å². The van der Waals surface area contributed by atoms with Crippen molar-refractivity contribution in [2.75, 3.05) is 25.6 Å². The van der Waals surface area contributed by atoms with Crippen LogP contribution in [0.3, 0.4) is 0 Å². The largest absolute Gasteiger partial charge is 0.462 e. The number of para-hydroxylation sites is 1. The van der Waals surface area contributed by atoms with Crippen LogP contribution in [0.2, 0.25) is 0 Å². The number of carbonyl (C=O) groups is 3. The minimum atomic E-state index is -0.972. The van der Waals surface area contributed by atoms with Gasteiger partial charge in [-0.2, -0.15) is 0 Å². The molecule has 0 bridgehead atoms. The van der Waals surface area contributed by atoms with Gasteiger partial charge in [-0.1, -0.05) is 18.2 Å². The lowest BCUT2D eigenvalue weighted by atomic mass is 10.1. The Kier molecular flexibility index (Phi) is 9.63. The fourth-order valence-corrected chi connectivity index (χ4v) is 2.01. The Hall–Kier alpha value is -2.74. The number of ketones is 1. The maximum absolute atomic E-state index is 12.2. The van der Waals surface area contributed by atoms with Crippen molar-refractivity contribution in [2.45, 2.75) is 31.9 Å². The lowest BCUT2D eigenvalue weighted by Crippen LogP contribution is -2.46. The number of esters is 1. The summed E-state index contributed by atoms with van der Waals surface area (Å²) in [5.74, 6) is -1.53. The summed E-state index contributed by atoms with van der Waals surface area (Å²) in [6.07, 6.45) is -0.0243. The summed E-state index contributed by atoms with van der Waals surface area (Å²) >= 11 is 0. The monoisotopic (exact) mass is 363 g/mol. The van der Waals surface area contributed by atoms with Crippen molar-refractivity contribution < 1.29 is 23.9 Å². The number of benzene rings is 1. The summed E-state index contributed by atoms with van der Waals surface area (Å²) in [5.41, 5.74) is 0.902. The van der Waals surface area contributed by atoms with E-state index in [1.807, 2.05) is 30.3 Å². The van der Waals surface area contributed by atoms with Crippen LogP contribution in [0.4, 0.5) is 5.69 Å². The van der Waals surface area contributed by atoms with Crippen LogP contribution in [0, 0.1) is 5.41 Å². The molecule has 8 nitrogen and oxygen atoms in total. The number of nitrogens with one attached hydrogen (secondary N) is 3. The highest BCUT2D eigenvalue weighted by Crippen LogP contribution is 2.05.